The fourth-order valence-corrected chi connectivity index (χ4v) is 4.36. The molecule has 2 rings (SSSR count). The molecule has 1 nitrogen and oxygen atoms in total. The zero-order chi connectivity index (χ0) is 12.3. The molecule has 0 amide bonds. The van der Waals surface area contributed by atoms with E-state index in [2.05, 4.69) is 26.1 Å². The summed E-state index contributed by atoms with van der Waals surface area (Å²) in [5, 5.41) is 3.81. The molecule has 2 fully saturated rings. The van der Waals surface area contributed by atoms with Crippen molar-refractivity contribution in [3.63, 3.8) is 0 Å². The van der Waals surface area contributed by atoms with Crippen LogP contribution in [-0.4, -0.2) is 12.6 Å². The molecular formula is C16H31N. The van der Waals surface area contributed by atoms with Gasteiger partial charge in [-0.15, -0.1) is 0 Å². The number of hydrogen-bond donors (Lipinski definition) is 1. The second-order valence-electron chi connectivity index (χ2n) is 7.04. The summed E-state index contributed by atoms with van der Waals surface area (Å²) in [5.74, 6) is 1.94. The summed E-state index contributed by atoms with van der Waals surface area (Å²) in [7, 11) is 0. The average molecular weight is 237 g/mol. The highest BCUT2D eigenvalue weighted by molar-refractivity contribution is 4.93. The van der Waals surface area contributed by atoms with Crippen LogP contribution in [-0.2, 0) is 0 Å². The molecule has 0 aromatic carbocycles. The minimum absolute atomic E-state index is 0.575. The van der Waals surface area contributed by atoms with Gasteiger partial charge in [0.05, 0.1) is 0 Å². The topological polar surface area (TPSA) is 12.0 Å². The Balaban J connectivity index is 1.95. The SMILES string of the molecule is CCNC(CC1CCCC1)C1CCCC1(C)C. The van der Waals surface area contributed by atoms with Gasteiger partial charge in [0.1, 0.15) is 0 Å². The van der Waals surface area contributed by atoms with Gasteiger partial charge in [-0.2, -0.15) is 0 Å². The van der Waals surface area contributed by atoms with Gasteiger partial charge in [-0.05, 0) is 43.1 Å². The van der Waals surface area contributed by atoms with Crippen molar-refractivity contribution in [1.82, 2.24) is 5.32 Å². The lowest BCUT2D eigenvalue weighted by molar-refractivity contribution is 0.176. The third-order valence-corrected chi connectivity index (χ3v) is 5.35. The van der Waals surface area contributed by atoms with Crippen LogP contribution in [0.3, 0.4) is 0 Å². The Morgan fingerprint density at radius 3 is 2.35 bits per heavy atom. The lowest BCUT2D eigenvalue weighted by Gasteiger charge is -2.36. The van der Waals surface area contributed by atoms with Crippen molar-refractivity contribution in [3.05, 3.63) is 0 Å². The van der Waals surface area contributed by atoms with Gasteiger partial charge in [-0.1, -0.05) is 52.9 Å². The Bertz CT molecular complexity index is 228. The molecule has 2 aliphatic rings. The Kier molecular flexibility index (Phi) is 4.52. The van der Waals surface area contributed by atoms with Crippen LogP contribution >= 0.6 is 0 Å². The van der Waals surface area contributed by atoms with Crippen molar-refractivity contribution in [2.75, 3.05) is 6.54 Å². The van der Waals surface area contributed by atoms with Crippen LogP contribution in [0.25, 0.3) is 0 Å². The fraction of sp³-hybridized carbons (Fsp3) is 1.00. The molecule has 0 aromatic heterocycles. The molecule has 0 aromatic rings. The highest BCUT2D eigenvalue weighted by atomic mass is 14.9. The molecule has 1 N–H and O–H groups in total. The van der Waals surface area contributed by atoms with Crippen molar-refractivity contribution in [1.29, 1.82) is 0 Å². The van der Waals surface area contributed by atoms with Gasteiger partial charge in [0.2, 0.25) is 0 Å². The standard InChI is InChI=1S/C16H31N/c1-4-17-15(12-13-8-5-6-9-13)14-10-7-11-16(14,2)3/h13-15,17H,4-12H2,1-3H3. The van der Waals surface area contributed by atoms with Crippen molar-refractivity contribution in [2.45, 2.75) is 78.2 Å². The molecule has 2 unspecified atom stereocenters. The quantitative estimate of drug-likeness (QED) is 0.748. The summed E-state index contributed by atoms with van der Waals surface area (Å²) in [5.41, 5.74) is 0.575. The van der Waals surface area contributed by atoms with Crippen LogP contribution in [0.15, 0.2) is 0 Å². The Labute approximate surface area is 108 Å². The smallest absolute Gasteiger partial charge is 0.0103 e. The van der Waals surface area contributed by atoms with E-state index in [1.807, 2.05) is 0 Å². The van der Waals surface area contributed by atoms with Gasteiger partial charge in [-0.3, -0.25) is 0 Å². The van der Waals surface area contributed by atoms with Crippen LogP contribution in [0, 0.1) is 17.3 Å². The molecule has 2 aliphatic carbocycles. The number of nitrogens with one attached hydrogen (secondary N) is 1. The first kappa shape index (κ1) is 13.4. The van der Waals surface area contributed by atoms with E-state index in [1.165, 1.54) is 51.4 Å². The third kappa shape index (κ3) is 3.24. The lowest BCUT2D eigenvalue weighted by Crippen LogP contribution is -2.41. The van der Waals surface area contributed by atoms with E-state index < -0.39 is 0 Å². The summed E-state index contributed by atoms with van der Waals surface area (Å²) in [6.07, 6.45) is 11.7. The fourth-order valence-electron chi connectivity index (χ4n) is 4.36. The molecule has 0 aliphatic heterocycles. The Morgan fingerprint density at radius 1 is 1.12 bits per heavy atom. The molecule has 17 heavy (non-hydrogen) atoms. The van der Waals surface area contributed by atoms with Crippen molar-refractivity contribution >= 4 is 0 Å². The van der Waals surface area contributed by atoms with Gasteiger partial charge in [0.25, 0.3) is 0 Å². The number of hydrogen-bond acceptors (Lipinski definition) is 1. The minimum Gasteiger partial charge on any atom is -0.314 e. The Hall–Kier alpha value is -0.0400. The Morgan fingerprint density at radius 2 is 1.82 bits per heavy atom. The van der Waals surface area contributed by atoms with Crippen LogP contribution in [0.2, 0.25) is 0 Å². The number of rotatable bonds is 5. The van der Waals surface area contributed by atoms with Crippen LogP contribution in [0.5, 0.6) is 0 Å². The molecule has 0 bridgehead atoms. The third-order valence-electron chi connectivity index (χ3n) is 5.35. The molecule has 0 radical (unpaired) electrons. The maximum Gasteiger partial charge on any atom is 0.0103 e. The summed E-state index contributed by atoms with van der Waals surface area (Å²) in [4.78, 5) is 0. The second kappa shape index (κ2) is 5.73. The van der Waals surface area contributed by atoms with Gasteiger partial charge < -0.3 is 5.32 Å². The maximum absolute atomic E-state index is 3.81. The average Bonchev–Trinajstić information content (AvgIpc) is 2.86. The largest absolute Gasteiger partial charge is 0.314 e. The van der Waals surface area contributed by atoms with E-state index in [-0.39, 0.29) is 0 Å². The second-order valence-corrected chi connectivity index (χ2v) is 7.04. The summed E-state index contributed by atoms with van der Waals surface area (Å²) < 4.78 is 0. The van der Waals surface area contributed by atoms with Gasteiger partial charge >= 0.3 is 0 Å². The van der Waals surface area contributed by atoms with E-state index in [9.17, 15) is 0 Å². The zero-order valence-corrected chi connectivity index (χ0v) is 12.1. The normalized spacial score (nSPS) is 30.9. The highest BCUT2D eigenvalue weighted by Crippen LogP contribution is 2.46. The van der Waals surface area contributed by atoms with Crippen LogP contribution < -0.4 is 5.32 Å². The van der Waals surface area contributed by atoms with Gasteiger partial charge in [-0.25, -0.2) is 0 Å². The lowest BCUT2D eigenvalue weighted by atomic mass is 9.75. The minimum atomic E-state index is 0.575. The summed E-state index contributed by atoms with van der Waals surface area (Å²) in [6, 6.07) is 0.792. The predicted octanol–water partition coefficient (Wildman–Crippen LogP) is 4.37. The molecule has 0 spiro atoms. The first-order valence-corrected chi connectivity index (χ1v) is 7.87. The molecule has 100 valence electrons. The molecule has 2 atom stereocenters. The summed E-state index contributed by atoms with van der Waals surface area (Å²) >= 11 is 0. The maximum atomic E-state index is 3.81. The van der Waals surface area contributed by atoms with Gasteiger partial charge in [0, 0.05) is 6.04 Å². The molecular weight excluding hydrogens is 206 g/mol. The molecule has 0 heterocycles. The van der Waals surface area contributed by atoms with Crippen LogP contribution in [0.4, 0.5) is 0 Å². The van der Waals surface area contributed by atoms with E-state index in [0.717, 1.165) is 24.4 Å². The van der Waals surface area contributed by atoms with Crippen molar-refractivity contribution in [3.8, 4) is 0 Å². The van der Waals surface area contributed by atoms with E-state index in [0.29, 0.717) is 5.41 Å². The van der Waals surface area contributed by atoms with Crippen LogP contribution in [0.1, 0.15) is 72.1 Å². The summed E-state index contributed by atoms with van der Waals surface area (Å²) in [6.45, 7) is 8.39. The first-order valence-electron chi connectivity index (χ1n) is 7.87. The van der Waals surface area contributed by atoms with E-state index in [4.69, 9.17) is 0 Å². The monoisotopic (exact) mass is 237 g/mol. The van der Waals surface area contributed by atoms with E-state index in [1.54, 1.807) is 0 Å². The van der Waals surface area contributed by atoms with E-state index >= 15 is 0 Å². The van der Waals surface area contributed by atoms with Gasteiger partial charge in [0.15, 0.2) is 0 Å². The van der Waals surface area contributed by atoms with Crippen molar-refractivity contribution < 1.29 is 0 Å². The molecule has 0 saturated heterocycles. The first-order chi connectivity index (χ1) is 8.13. The highest BCUT2D eigenvalue weighted by Gasteiger charge is 2.39. The molecule has 1 heteroatoms. The van der Waals surface area contributed by atoms with Crippen molar-refractivity contribution in [2.24, 2.45) is 17.3 Å². The molecule has 2 saturated carbocycles. The zero-order valence-electron chi connectivity index (χ0n) is 12.1. The predicted molar refractivity (Wildman–Crippen MR) is 75.2 cm³/mol.